The zero-order valence-corrected chi connectivity index (χ0v) is 19.1. The summed E-state index contributed by atoms with van der Waals surface area (Å²) in [5, 5.41) is 0.389. The molecule has 0 N–H and O–H groups in total. The van der Waals surface area contributed by atoms with E-state index in [2.05, 4.69) is 0 Å². The molecule has 8 heteroatoms. The molecule has 166 valence electrons. The second kappa shape index (κ2) is 9.22. The number of rotatable bonds is 6. The highest BCUT2D eigenvalue weighted by molar-refractivity contribution is 7.92. The fraction of sp³-hybridized carbons (Fsp3) is 0.208. The van der Waals surface area contributed by atoms with Crippen LogP contribution < -0.4 is 9.04 Å². The Labute approximate surface area is 193 Å². The van der Waals surface area contributed by atoms with Crippen molar-refractivity contribution in [2.75, 3.05) is 17.1 Å². The highest BCUT2D eigenvalue weighted by Gasteiger charge is 2.37. The molecule has 32 heavy (non-hydrogen) atoms. The summed E-state index contributed by atoms with van der Waals surface area (Å²) >= 11 is 6.07. The molecule has 0 fully saturated rings. The zero-order valence-electron chi connectivity index (χ0n) is 17.5. The number of benzene rings is 3. The Morgan fingerprint density at radius 2 is 1.56 bits per heavy atom. The van der Waals surface area contributed by atoms with Crippen LogP contribution in [0.3, 0.4) is 0 Å². The molecule has 0 spiro atoms. The van der Waals surface area contributed by atoms with Crippen molar-refractivity contribution in [2.45, 2.75) is 19.2 Å². The van der Waals surface area contributed by atoms with Gasteiger partial charge in [-0.1, -0.05) is 72.3 Å². The molecule has 4 rings (SSSR count). The molecule has 0 saturated carbocycles. The molecular weight excluding hydrogens is 448 g/mol. The van der Waals surface area contributed by atoms with Crippen LogP contribution >= 0.6 is 11.6 Å². The second-order valence-corrected chi connectivity index (χ2v) is 10.0. The molecule has 0 unspecified atom stereocenters. The van der Waals surface area contributed by atoms with Gasteiger partial charge in [0.25, 0.3) is 5.91 Å². The number of amides is 1. The molecule has 6 nitrogen and oxygen atoms in total. The smallest absolute Gasteiger partial charge is 0.266 e. The fourth-order valence-electron chi connectivity index (χ4n) is 3.69. The quantitative estimate of drug-likeness (QED) is 0.544. The summed E-state index contributed by atoms with van der Waals surface area (Å²) in [7, 11) is -3.64. The molecule has 1 amide bonds. The summed E-state index contributed by atoms with van der Waals surface area (Å²) in [6.45, 7) is 0.632. The van der Waals surface area contributed by atoms with E-state index in [1.807, 2.05) is 60.7 Å². The third-order valence-electron chi connectivity index (χ3n) is 5.21. The number of nitrogens with zero attached hydrogens (tertiary/aromatic N) is 2. The Hall–Kier alpha value is -3.03. The molecule has 0 aliphatic carbocycles. The lowest BCUT2D eigenvalue weighted by Gasteiger charge is -2.36. The molecule has 0 saturated heterocycles. The monoisotopic (exact) mass is 470 g/mol. The highest BCUT2D eigenvalue weighted by atomic mass is 35.5. The van der Waals surface area contributed by atoms with Gasteiger partial charge in [0.1, 0.15) is 5.75 Å². The number of carbonyl (C=O) groups is 1. The predicted octanol–water partition coefficient (Wildman–Crippen LogP) is 4.10. The molecule has 1 heterocycles. The maximum absolute atomic E-state index is 13.6. The van der Waals surface area contributed by atoms with Crippen molar-refractivity contribution in [1.82, 2.24) is 4.90 Å². The fourth-order valence-corrected chi connectivity index (χ4v) is 4.76. The molecule has 0 bridgehead atoms. The van der Waals surface area contributed by atoms with Crippen LogP contribution in [0.15, 0.2) is 78.9 Å². The highest BCUT2D eigenvalue weighted by Crippen LogP contribution is 2.37. The minimum Gasteiger partial charge on any atom is -0.476 e. The van der Waals surface area contributed by atoms with E-state index in [9.17, 15) is 13.2 Å². The summed E-state index contributed by atoms with van der Waals surface area (Å²) in [5.41, 5.74) is 2.28. The predicted molar refractivity (Wildman–Crippen MR) is 125 cm³/mol. The van der Waals surface area contributed by atoms with Gasteiger partial charge in [0.15, 0.2) is 6.10 Å². The van der Waals surface area contributed by atoms with Gasteiger partial charge in [-0.2, -0.15) is 0 Å². The van der Waals surface area contributed by atoms with Crippen molar-refractivity contribution in [1.29, 1.82) is 0 Å². The average Bonchev–Trinajstić information content (AvgIpc) is 2.78. The van der Waals surface area contributed by atoms with Crippen molar-refractivity contribution in [2.24, 2.45) is 0 Å². The van der Waals surface area contributed by atoms with Crippen LogP contribution in [0.25, 0.3) is 0 Å². The second-order valence-electron chi connectivity index (χ2n) is 7.68. The summed E-state index contributed by atoms with van der Waals surface area (Å²) in [6.07, 6.45) is 0.127. The van der Waals surface area contributed by atoms with E-state index in [-0.39, 0.29) is 12.5 Å². The molecule has 3 aromatic carbocycles. The van der Waals surface area contributed by atoms with Gasteiger partial charge in [0.2, 0.25) is 10.0 Å². The third-order valence-corrected chi connectivity index (χ3v) is 6.59. The first-order valence-corrected chi connectivity index (χ1v) is 12.3. The van der Waals surface area contributed by atoms with Crippen molar-refractivity contribution in [3.05, 3.63) is 95.0 Å². The number of ether oxygens (including phenoxy) is 1. The summed E-state index contributed by atoms with van der Waals surface area (Å²) in [6, 6.07) is 24.1. The SMILES string of the molecule is CS(=O)(=O)N1C[C@@H](C(=O)N(Cc2ccccc2)Cc2ccccc2)Oc2ccc(Cl)cc21. The van der Waals surface area contributed by atoms with Gasteiger partial charge in [-0.3, -0.25) is 9.10 Å². The van der Waals surface area contributed by atoms with E-state index in [1.54, 1.807) is 17.0 Å². The van der Waals surface area contributed by atoms with E-state index >= 15 is 0 Å². The topological polar surface area (TPSA) is 66.9 Å². The van der Waals surface area contributed by atoms with Crippen molar-refractivity contribution >= 4 is 33.2 Å². The van der Waals surface area contributed by atoms with Gasteiger partial charge in [0.05, 0.1) is 18.5 Å². The number of carbonyl (C=O) groups excluding carboxylic acids is 1. The first-order chi connectivity index (χ1) is 15.3. The van der Waals surface area contributed by atoms with Crippen LogP contribution in [-0.4, -0.2) is 38.1 Å². The van der Waals surface area contributed by atoms with Gasteiger partial charge in [-0.05, 0) is 29.3 Å². The number of sulfonamides is 1. The number of halogens is 1. The Morgan fingerprint density at radius 3 is 2.09 bits per heavy atom. The van der Waals surface area contributed by atoms with Crippen LogP contribution in [0.4, 0.5) is 5.69 Å². The lowest BCUT2D eigenvalue weighted by Crippen LogP contribution is -2.51. The maximum atomic E-state index is 13.6. The standard InChI is InChI=1S/C24H23ClN2O4S/c1-32(29,30)27-17-23(31-22-13-12-20(25)14-21(22)27)24(28)26(15-18-8-4-2-5-9-18)16-19-10-6-3-7-11-19/h2-14,23H,15-17H2,1H3/t23-/m0/s1. The first kappa shape index (κ1) is 22.2. The Morgan fingerprint density at radius 1 is 1.00 bits per heavy atom. The Bertz CT molecular complexity index is 1160. The lowest BCUT2D eigenvalue weighted by molar-refractivity contribution is -0.139. The zero-order chi connectivity index (χ0) is 22.7. The number of hydrogen-bond acceptors (Lipinski definition) is 4. The largest absolute Gasteiger partial charge is 0.476 e. The van der Waals surface area contributed by atoms with Crippen molar-refractivity contribution < 1.29 is 17.9 Å². The molecule has 0 radical (unpaired) electrons. The van der Waals surface area contributed by atoms with E-state index in [0.717, 1.165) is 17.4 Å². The van der Waals surface area contributed by atoms with Gasteiger partial charge in [0, 0.05) is 18.1 Å². The lowest BCUT2D eigenvalue weighted by atomic mass is 10.1. The van der Waals surface area contributed by atoms with Crippen LogP contribution in [-0.2, 0) is 27.9 Å². The minimum absolute atomic E-state index is 0.120. The van der Waals surface area contributed by atoms with E-state index in [0.29, 0.717) is 29.5 Å². The summed E-state index contributed by atoms with van der Waals surface area (Å²) < 4.78 is 32.1. The first-order valence-electron chi connectivity index (χ1n) is 10.1. The third kappa shape index (κ3) is 5.06. The van der Waals surface area contributed by atoms with Gasteiger partial charge in [-0.25, -0.2) is 8.42 Å². The van der Waals surface area contributed by atoms with Crippen LogP contribution in [0.2, 0.25) is 5.02 Å². The van der Waals surface area contributed by atoms with Crippen LogP contribution in [0.1, 0.15) is 11.1 Å². The molecular formula is C24H23ClN2O4S. The van der Waals surface area contributed by atoms with Gasteiger partial charge >= 0.3 is 0 Å². The van der Waals surface area contributed by atoms with Crippen molar-refractivity contribution in [3.8, 4) is 5.75 Å². The summed E-state index contributed by atoms with van der Waals surface area (Å²) in [5.74, 6) is 0.0238. The Kier molecular flexibility index (Phi) is 6.39. The van der Waals surface area contributed by atoms with Crippen LogP contribution in [0.5, 0.6) is 5.75 Å². The van der Waals surface area contributed by atoms with E-state index in [1.165, 1.54) is 10.4 Å². The minimum atomic E-state index is -3.64. The molecule has 1 aliphatic rings. The molecule has 3 aromatic rings. The number of hydrogen-bond donors (Lipinski definition) is 0. The van der Waals surface area contributed by atoms with E-state index < -0.39 is 16.1 Å². The summed E-state index contributed by atoms with van der Waals surface area (Å²) in [4.78, 5) is 15.3. The normalized spacial score (nSPS) is 15.6. The molecule has 1 aliphatic heterocycles. The number of fused-ring (bicyclic) bond motifs is 1. The van der Waals surface area contributed by atoms with E-state index in [4.69, 9.17) is 16.3 Å². The average molecular weight is 471 g/mol. The molecule has 0 aromatic heterocycles. The maximum Gasteiger partial charge on any atom is 0.266 e. The Balaban J connectivity index is 1.65. The van der Waals surface area contributed by atoms with Gasteiger partial charge < -0.3 is 9.64 Å². The molecule has 1 atom stereocenters. The van der Waals surface area contributed by atoms with Crippen molar-refractivity contribution in [3.63, 3.8) is 0 Å². The van der Waals surface area contributed by atoms with Crippen LogP contribution in [0, 0.1) is 0 Å². The number of anilines is 1. The van der Waals surface area contributed by atoms with Gasteiger partial charge in [-0.15, -0.1) is 0 Å².